The largest absolute Gasteiger partial charge is 0.337 e. The summed E-state index contributed by atoms with van der Waals surface area (Å²) in [5.41, 5.74) is 2.41. The van der Waals surface area contributed by atoms with Crippen LogP contribution in [-0.4, -0.2) is 27.2 Å². The van der Waals surface area contributed by atoms with Crippen LogP contribution in [0.5, 0.6) is 0 Å². The Morgan fingerprint density at radius 3 is 2.70 bits per heavy atom. The van der Waals surface area contributed by atoms with Gasteiger partial charge < -0.3 is 4.90 Å². The molecule has 0 unspecified atom stereocenters. The van der Waals surface area contributed by atoms with Crippen LogP contribution in [-0.2, 0) is 6.54 Å². The zero-order valence-electron chi connectivity index (χ0n) is 13.1. The molecule has 0 saturated heterocycles. The van der Waals surface area contributed by atoms with Crippen LogP contribution in [0.2, 0.25) is 0 Å². The van der Waals surface area contributed by atoms with Crippen molar-refractivity contribution in [3.05, 3.63) is 81.9 Å². The van der Waals surface area contributed by atoms with Crippen LogP contribution >= 0.6 is 0 Å². The summed E-state index contributed by atoms with van der Waals surface area (Å²) in [6, 6.07) is 13.1. The molecule has 0 N–H and O–H groups in total. The van der Waals surface area contributed by atoms with Crippen molar-refractivity contribution < 1.29 is 4.79 Å². The van der Waals surface area contributed by atoms with Gasteiger partial charge in [0.1, 0.15) is 11.2 Å². The van der Waals surface area contributed by atoms with Gasteiger partial charge in [0.05, 0.1) is 0 Å². The molecule has 0 radical (unpaired) electrons. The lowest BCUT2D eigenvalue weighted by Crippen LogP contribution is -2.33. The number of amides is 1. The molecule has 5 heteroatoms. The predicted octanol–water partition coefficient (Wildman–Crippen LogP) is 2.28. The molecule has 0 aliphatic heterocycles. The number of fused-ring (bicyclic) bond motifs is 1. The fraction of sp³-hybridized carbons (Fsp3) is 0.167. The predicted molar refractivity (Wildman–Crippen MR) is 88.4 cm³/mol. The first-order valence-electron chi connectivity index (χ1n) is 7.34. The molecular weight excluding hydrogens is 290 g/mol. The second kappa shape index (κ2) is 6.04. The van der Waals surface area contributed by atoms with Crippen LogP contribution in [0.3, 0.4) is 0 Å². The maximum absolute atomic E-state index is 12.6. The van der Waals surface area contributed by atoms with Crippen molar-refractivity contribution in [1.82, 2.24) is 14.3 Å². The number of aromatic nitrogens is 2. The van der Waals surface area contributed by atoms with Crippen molar-refractivity contribution in [3.8, 4) is 0 Å². The Morgan fingerprint density at radius 1 is 1.17 bits per heavy atom. The SMILES string of the molecule is Cc1ccccc1CN(C)C(=O)c1cnc2ccccn2c1=O. The average Bonchev–Trinajstić information content (AvgIpc) is 2.57. The number of nitrogens with zero attached hydrogens (tertiary/aromatic N) is 3. The van der Waals surface area contributed by atoms with Gasteiger partial charge in [-0.05, 0) is 30.2 Å². The third kappa shape index (κ3) is 2.85. The second-order valence-corrected chi connectivity index (χ2v) is 5.49. The number of carbonyl (C=O) groups is 1. The Hall–Kier alpha value is -2.95. The molecule has 0 spiro atoms. The minimum atomic E-state index is -0.350. The summed E-state index contributed by atoms with van der Waals surface area (Å²) < 4.78 is 1.38. The van der Waals surface area contributed by atoms with Gasteiger partial charge in [0.15, 0.2) is 0 Å². The molecule has 1 amide bonds. The molecule has 5 nitrogen and oxygen atoms in total. The molecule has 1 aromatic carbocycles. The molecule has 3 aromatic rings. The first kappa shape index (κ1) is 15.0. The highest BCUT2D eigenvalue weighted by atomic mass is 16.2. The Kier molecular flexibility index (Phi) is 3.93. The highest BCUT2D eigenvalue weighted by Gasteiger charge is 2.18. The molecule has 2 aromatic heterocycles. The normalized spacial score (nSPS) is 10.7. The molecule has 0 saturated carbocycles. The van der Waals surface area contributed by atoms with Crippen molar-refractivity contribution in [1.29, 1.82) is 0 Å². The summed E-state index contributed by atoms with van der Waals surface area (Å²) in [5.74, 6) is -0.330. The number of hydrogen-bond acceptors (Lipinski definition) is 3. The van der Waals surface area contributed by atoms with Gasteiger partial charge in [-0.1, -0.05) is 30.3 Å². The highest BCUT2D eigenvalue weighted by molar-refractivity contribution is 5.93. The van der Waals surface area contributed by atoms with Crippen LogP contribution in [0.25, 0.3) is 5.65 Å². The van der Waals surface area contributed by atoms with E-state index in [0.717, 1.165) is 11.1 Å². The lowest BCUT2D eigenvalue weighted by molar-refractivity contribution is 0.0782. The maximum Gasteiger partial charge on any atom is 0.270 e. The summed E-state index contributed by atoms with van der Waals surface area (Å²) in [4.78, 5) is 30.8. The highest BCUT2D eigenvalue weighted by Crippen LogP contribution is 2.11. The molecule has 23 heavy (non-hydrogen) atoms. The van der Waals surface area contributed by atoms with Crippen molar-refractivity contribution >= 4 is 11.6 Å². The van der Waals surface area contributed by atoms with Gasteiger partial charge in [-0.15, -0.1) is 0 Å². The number of rotatable bonds is 3. The molecule has 116 valence electrons. The lowest BCUT2D eigenvalue weighted by Gasteiger charge is -2.18. The topological polar surface area (TPSA) is 54.7 Å². The van der Waals surface area contributed by atoms with Crippen molar-refractivity contribution in [3.63, 3.8) is 0 Å². The summed E-state index contributed by atoms with van der Waals surface area (Å²) in [6.45, 7) is 2.45. The Bertz CT molecular complexity index is 931. The molecule has 0 atom stereocenters. The molecule has 3 rings (SSSR count). The smallest absolute Gasteiger partial charge is 0.270 e. The third-order valence-corrected chi connectivity index (χ3v) is 3.86. The van der Waals surface area contributed by atoms with Gasteiger partial charge in [-0.3, -0.25) is 14.0 Å². The van der Waals surface area contributed by atoms with E-state index in [4.69, 9.17) is 0 Å². The number of carbonyl (C=O) groups excluding carboxylic acids is 1. The van der Waals surface area contributed by atoms with E-state index in [2.05, 4.69) is 4.98 Å². The monoisotopic (exact) mass is 307 g/mol. The number of hydrogen-bond donors (Lipinski definition) is 0. The molecule has 0 bridgehead atoms. The van der Waals surface area contributed by atoms with Crippen LogP contribution < -0.4 is 5.56 Å². The van der Waals surface area contributed by atoms with E-state index in [0.29, 0.717) is 12.2 Å². The number of aryl methyl sites for hydroxylation is 1. The van der Waals surface area contributed by atoms with Gasteiger partial charge >= 0.3 is 0 Å². The number of benzene rings is 1. The first-order valence-corrected chi connectivity index (χ1v) is 7.34. The van der Waals surface area contributed by atoms with Gasteiger partial charge in [-0.2, -0.15) is 0 Å². The van der Waals surface area contributed by atoms with Crippen molar-refractivity contribution in [2.75, 3.05) is 7.05 Å². The Labute approximate surface area is 133 Å². The fourth-order valence-corrected chi connectivity index (χ4v) is 2.49. The average molecular weight is 307 g/mol. The summed E-state index contributed by atoms with van der Waals surface area (Å²) in [7, 11) is 1.69. The van der Waals surface area contributed by atoms with E-state index in [1.165, 1.54) is 15.5 Å². The maximum atomic E-state index is 12.6. The Morgan fingerprint density at radius 2 is 1.91 bits per heavy atom. The fourth-order valence-electron chi connectivity index (χ4n) is 2.49. The minimum absolute atomic E-state index is 0.0739. The van der Waals surface area contributed by atoms with Gasteiger partial charge in [0, 0.05) is 26.0 Å². The van der Waals surface area contributed by atoms with Crippen LogP contribution in [0, 0.1) is 6.92 Å². The summed E-state index contributed by atoms with van der Waals surface area (Å²) in [6.07, 6.45) is 2.97. The molecule has 0 aliphatic carbocycles. The number of pyridine rings is 1. The summed E-state index contributed by atoms with van der Waals surface area (Å²) in [5, 5.41) is 0. The van der Waals surface area contributed by atoms with Crippen LogP contribution in [0.15, 0.2) is 59.7 Å². The molecule has 0 aliphatic rings. The van der Waals surface area contributed by atoms with Gasteiger partial charge in [0.25, 0.3) is 11.5 Å². The van der Waals surface area contributed by atoms with E-state index in [-0.39, 0.29) is 17.0 Å². The molecule has 2 heterocycles. The zero-order valence-corrected chi connectivity index (χ0v) is 13.1. The van der Waals surface area contributed by atoms with Gasteiger partial charge in [0.2, 0.25) is 0 Å². The lowest BCUT2D eigenvalue weighted by atomic mass is 10.1. The van der Waals surface area contributed by atoms with E-state index >= 15 is 0 Å². The Balaban J connectivity index is 1.92. The van der Waals surface area contributed by atoms with E-state index in [1.807, 2.05) is 31.2 Å². The van der Waals surface area contributed by atoms with E-state index < -0.39 is 0 Å². The van der Waals surface area contributed by atoms with Gasteiger partial charge in [-0.25, -0.2) is 4.98 Å². The van der Waals surface area contributed by atoms with Crippen molar-refractivity contribution in [2.24, 2.45) is 0 Å². The molecular formula is C18H17N3O2. The zero-order chi connectivity index (χ0) is 16.4. The van der Waals surface area contributed by atoms with E-state index in [1.54, 1.807) is 31.4 Å². The second-order valence-electron chi connectivity index (χ2n) is 5.49. The van der Waals surface area contributed by atoms with E-state index in [9.17, 15) is 9.59 Å². The minimum Gasteiger partial charge on any atom is -0.337 e. The quantitative estimate of drug-likeness (QED) is 0.746. The third-order valence-electron chi connectivity index (χ3n) is 3.86. The standard InChI is InChI=1S/C18H17N3O2/c1-13-7-3-4-8-14(13)12-20(2)17(22)15-11-19-16-9-5-6-10-21(16)18(15)23/h3-11H,12H2,1-2H3. The molecule has 0 fully saturated rings. The summed E-state index contributed by atoms with van der Waals surface area (Å²) >= 11 is 0. The van der Waals surface area contributed by atoms with Crippen LogP contribution in [0.1, 0.15) is 21.5 Å². The first-order chi connectivity index (χ1) is 11.1. The van der Waals surface area contributed by atoms with Crippen LogP contribution in [0.4, 0.5) is 0 Å². The van der Waals surface area contributed by atoms with Crippen molar-refractivity contribution in [2.45, 2.75) is 13.5 Å².